The first-order chi connectivity index (χ1) is 7.90. The fourth-order valence-corrected chi connectivity index (χ4v) is 2.85. The van der Waals surface area contributed by atoms with E-state index in [9.17, 15) is 0 Å². The number of anilines is 1. The summed E-state index contributed by atoms with van der Waals surface area (Å²) < 4.78 is 0. The van der Waals surface area contributed by atoms with E-state index in [-0.39, 0.29) is 0 Å². The lowest BCUT2D eigenvalue weighted by atomic mass is 10.1. The third-order valence-corrected chi connectivity index (χ3v) is 3.94. The highest BCUT2D eigenvalue weighted by molar-refractivity contribution is 7.99. The molecule has 1 aromatic rings. The normalized spacial score (nSPS) is 14.3. The second kappa shape index (κ2) is 6.16. The predicted octanol–water partition coefficient (Wildman–Crippen LogP) is 2.75. The van der Waals surface area contributed by atoms with Crippen molar-refractivity contribution in [2.45, 2.75) is 24.2 Å². The van der Waals surface area contributed by atoms with Crippen molar-refractivity contribution in [2.75, 3.05) is 31.2 Å². The number of thioether (sulfide) groups is 1. The Kier molecular flexibility index (Phi) is 4.55. The van der Waals surface area contributed by atoms with Crippen LogP contribution in [-0.4, -0.2) is 25.9 Å². The van der Waals surface area contributed by atoms with Crippen molar-refractivity contribution in [3.8, 4) is 0 Å². The molecule has 1 aromatic carbocycles. The maximum absolute atomic E-state index is 3.47. The van der Waals surface area contributed by atoms with Gasteiger partial charge in [-0.15, -0.1) is 11.8 Å². The Morgan fingerprint density at radius 1 is 1.38 bits per heavy atom. The summed E-state index contributed by atoms with van der Waals surface area (Å²) in [5.74, 6) is 1.19. The Hall–Kier alpha value is -0.670. The number of benzene rings is 1. The van der Waals surface area contributed by atoms with Crippen LogP contribution in [0.5, 0.6) is 0 Å². The van der Waals surface area contributed by atoms with E-state index in [1.54, 1.807) is 0 Å². The minimum atomic E-state index is 1.10. The van der Waals surface area contributed by atoms with Crippen LogP contribution in [-0.2, 0) is 6.42 Å². The molecule has 16 heavy (non-hydrogen) atoms. The van der Waals surface area contributed by atoms with Crippen molar-refractivity contribution < 1.29 is 0 Å². The van der Waals surface area contributed by atoms with Gasteiger partial charge in [0.25, 0.3) is 0 Å². The molecule has 1 aliphatic rings. The minimum Gasteiger partial charge on any atom is -0.383 e. The Balaban J connectivity index is 1.90. The number of hydrogen-bond acceptors (Lipinski definition) is 3. The zero-order valence-corrected chi connectivity index (χ0v) is 10.7. The van der Waals surface area contributed by atoms with E-state index in [1.165, 1.54) is 41.2 Å². The fourth-order valence-electron chi connectivity index (χ4n) is 1.97. The van der Waals surface area contributed by atoms with Gasteiger partial charge in [0.2, 0.25) is 0 Å². The zero-order valence-electron chi connectivity index (χ0n) is 9.88. The van der Waals surface area contributed by atoms with Gasteiger partial charge in [-0.05, 0) is 50.6 Å². The van der Waals surface area contributed by atoms with E-state index in [4.69, 9.17) is 0 Å². The molecule has 2 nitrogen and oxygen atoms in total. The fraction of sp³-hybridized carbons (Fsp3) is 0.538. The smallest absolute Gasteiger partial charge is 0.0481 e. The molecular formula is C13H20N2S. The van der Waals surface area contributed by atoms with Crippen molar-refractivity contribution in [1.29, 1.82) is 0 Å². The van der Waals surface area contributed by atoms with E-state index in [2.05, 4.69) is 28.8 Å². The van der Waals surface area contributed by atoms with Gasteiger partial charge in [-0.3, -0.25) is 0 Å². The number of nitrogens with one attached hydrogen (secondary N) is 2. The molecule has 2 rings (SSSR count). The Morgan fingerprint density at radius 2 is 2.31 bits per heavy atom. The molecule has 0 unspecified atom stereocenters. The first-order valence-electron chi connectivity index (χ1n) is 6.04. The lowest BCUT2D eigenvalue weighted by Gasteiger charge is -2.18. The molecule has 0 atom stereocenters. The van der Waals surface area contributed by atoms with Crippen LogP contribution in [0, 0.1) is 0 Å². The summed E-state index contributed by atoms with van der Waals surface area (Å²) in [4.78, 5) is 1.41. The van der Waals surface area contributed by atoms with Gasteiger partial charge in [0.05, 0.1) is 0 Å². The van der Waals surface area contributed by atoms with Gasteiger partial charge in [0, 0.05) is 22.9 Å². The second-order valence-corrected chi connectivity index (χ2v) is 5.30. The van der Waals surface area contributed by atoms with Gasteiger partial charge in [-0.2, -0.15) is 0 Å². The number of fused-ring (bicyclic) bond motifs is 1. The van der Waals surface area contributed by atoms with Crippen molar-refractivity contribution >= 4 is 17.4 Å². The van der Waals surface area contributed by atoms with Gasteiger partial charge in [0.1, 0.15) is 0 Å². The molecule has 0 spiro atoms. The molecule has 88 valence electrons. The molecule has 0 radical (unpaired) electrons. The monoisotopic (exact) mass is 236 g/mol. The molecule has 0 aliphatic carbocycles. The van der Waals surface area contributed by atoms with Crippen molar-refractivity contribution in [2.24, 2.45) is 0 Å². The van der Waals surface area contributed by atoms with E-state index in [1.807, 2.05) is 18.8 Å². The van der Waals surface area contributed by atoms with E-state index in [0.29, 0.717) is 0 Å². The van der Waals surface area contributed by atoms with Crippen LogP contribution in [0.1, 0.15) is 18.4 Å². The lowest BCUT2D eigenvalue weighted by molar-refractivity contribution is 0.677. The van der Waals surface area contributed by atoms with E-state index >= 15 is 0 Å². The molecule has 0 saturated carbocycles. The average Bonchev–Trinajstić information content (AvgIpc) is 2.34. The number of unbranched alkanes of at least 4 members (excludes halogenated alkanes) is 1. The first kappa shape index (κ1) is 11.8. The van der Waals surface area contributed by atoms with Crippen LogP contribution in [0.15, 0.2) is 23.1 Å². The SMILES string of the molecule is CNCCCCc1ccc2c(c1)NCCS2. The Labute approximate surface area is 102 Å². The third kappa shape index (κ3) is 3.16. The number of rotatable bonds is 5. The molecule has 3 heteroatoms. The van der Waals surface area contributed by atoms with Crippen LogP contribution in [0.2, 0.25) is 0 Å². The summed E-state index contributed by atoms with van der Waals surface area (Å²) in [7, 11) is 2.01. The van der Waals surface area contributed by atoms with Gasteiger partial charge < -0.3 is 10.6 Å². The van der Waals surface area contributed by atoms with E-state index in [0.717, 1.165) is 13.1 Å². The summed E-state index contributed by atoms with van der Waals surface area (Å²) in [6.07, 6.45) is 3.73. The highest BCUT2D eigenvalue weighted by atomic mass is 32.2. The van der Waals surface area contributed by atoms with Gasteiger partial charge in [-0.25, -0.2) is 0 Å². The Morgan fingerprint density at radius 3 is 3.19 bits per heavy atom. The highest BCUT2D eigenvalue weighted by Crippen LogP contribution is 2.31. The largest absolute Gasteiger partial charge is 0.383 e. The van der Waals surface area contributed by atoms with E-state index < -0.39 is 0 Å². The second-order valence-electron chi connectivity index (χ2n) is 4.17. The Bertz CT molecular complexity index is 339. The minimum absolute atomic E-state index is 1.10. The summed E-state index contributed by atoms with van der Waals surface area (Å²) >= 11 is 1.96. The van der Waals surface area contributed by atoms with Crippen LogP contribution in [0.4, 0.5) is 5.69 Å². The third-order valence-electron chi connectivity index (χ3n) is 2.86. The van der Waals surface area contributed by atoms with Crippen LogP contribution in [0.3, 0.4) is 0 Å². The maximum Gasteiger partial charge on any atom is 0.0481 e. The summed E-state index contributed by atoms with van der Waals surface area (Å²) in [6.45, 7) is 2.22. The molecule has 0 amide bonds. The molecule has 0 bridgehead atoms. The summed E-state index contributed by atoms with van der Waals surface area (Å²) in [5.41, 5.74) is 2.80. The zero-order chi connectivity index (χ0) is 11.2. The first-order valence-corrected chi connectivity index (χ1v) is 7.03. The highest BCUT2D eigenvalue weighted by Gasteiger charge is 2.08. The maximum atomic E-state index is 3.47. The molecule has 0 aromatic heterocycles. The molecule has 0 saturated heterocycles. The predicted molar refractivity (Wildman–Crippen MR) is 72.5 cm³/mol. The molecule has 1 heterocycles. The van der Waals surface area contributed by atoms with Crippen LogP contribution >= 0.6 is 11.8 Å². The summed E-state index contributed by atoms with van der Waals surface area (Å²) in [6, 6.07) is 6.86. The van der Waals surface area contributed by atoms with Crippen molar-refractivity contribution in [3.05, 3.63) is 23.8 Å². The molecule has 0 fully saturated rings. The van der Waals surface area contributed by atoms with Crippen molar-refractivity contribution in [1.82, 2.24) is 5.32 Å². The van der Waals surface area contributed by atoms with Crippen LogP contribution < -0.4 is 10.6 Å². The van der Waals surface area contributed by atoms with Gasteiger partial charge >= 0.3 is 0 Å². The topological polar surface area (TPSA) is 24.1 Å². The number of hydrogen-bond donors (Lipinski definition) is 2. The summed E-state index contributed by atoms with van der Waals surface area (Å²) in [5, 5.41) is 6.66. The molecule has 1 aliphatic heterocycles. The lowest BCUT2D eigenvalue weighted by Crippen LogP contribution is -2.10. The molecular weight excluding hydrogens is 216 g/mol. The molecule has 2 N–H and O–H groups in total. The van der Waals surface area contributed by atoms with Gasteiger partial charge in [-0.1, -0.05) is 6.07 Å². The van der Waals surface area contributed by atoms with Crippen molar-refractivity contribution in [3.63, 3.8) is 0 Å². The quantitative estimate of drug-likeness (QED) is 0.769. The number of aryl methyl sites for hydroxylation is 1. The average molecular weight is 236 g/mol. The standard InChI is InChI=1S/C13H20N2S/c1-14-7-3-2-4-11-5-6-13-12(10-11)15-8-9-16-13/h5-6,10,14-15H,2-4,7-9H2,1H3. The van der Waals surface area contributed by atoms with Crippen LogP contribution in [0.25, 0.3) is 0 Å². The van der Waals surface area contributed by atoms with Gasteiger partial charge in [0.15, 0.2) is 0 Å².